The lowest BCUT2D eigenvalue weighted by Gasteiger charge is -2.35. The zero-order valence-corrected chi connectivity index (χ0v) is 15.0. The zero-order valence-electron chi connectivity index (χ0n) is 14.3. The summed E-state index contributed by atoms with van der Waals surface area (Å²) in [6.45, 7) is 4.05. The van der Waals surface area contributed by atoms with Crippen LogP contribution in [0, 0.1) is 10.1 Å². The van der Waals surface area contributed by atoms with Crippen molar-refractivity contribution in [3.05, 3.63) is 57.2 Å². The lowest BCUT2D eigenvalue weighted by molar-refractivity contribution is -0.389. The Hall–Kier alpha value is -2.45. The Morgan fingerprint density at radius 1 is 1.19 bits per heavy atom. The topological polar surface area (TPSA) is 84.5 Å². The lowest BCUT2D eigenvalue weighted by Crippen LogP contribution is -2.48. The monoisotopic (exact) mass is 377 g/mol. The van der Waals surface area contributed by atoms with E-state index in [9.17, 15) is 14.9 Å². The van der Waals surface area contributed by atoms with E-state index in [1.807, 2.05) is 29.2 Å². The molecule has 3 rings (SSSR count). The first kappa shape index (κ1) is 18.3. The number of hydrogen-bond acceptors (Lipinski definition) is 5. The molecule has 1 fully saturated rings. The minimum atomic E-state index is -0.545. The molecule has 1 saturated heterocycles. The van der Waals surface area contributed by atoms with Crippen LogP contribution in [0.3, 0.4) is 0 Å². The van der Waals surface area contributed by atoms with Gasteiger partial charge in [0.1, 0.15) is 0 Å². The standard InChI is InChI=1S/C17H20ClN5O3/c18-15-4-2-1-3-14(15)13-20-9-11-21(12-10-20)17(24)6-8-22-7-5-16(19-22)23(25)26/h1-5,7H,6,8-13H2. The third-order valence-electron chi connectivity index (χ3n) is 4.45. The quantitative estimate of drug-likeness (QED) is 0.569. The normalized spacial score (nSPS) is 15.2. The van der Waals surface area contributed by atoms with Crippen LogP contribution >= 0.6 is 11.6 Å². The Morgan fingerprint density at radius 2 is 1.92 bits per heavy atom. The first-order valence-corrected chi connectivity index (χ1v) is 8.82. The van der Waals surface area contributed by atoms with Crippen LogP contribution in [-0.2, 0) is 17.9 Å². The summed E-state index contributed by atoms with van der Waals surface area (Å²) >= 11 is 6.20. The molecule has 0 unspecified atom stereocenters. The van der Waals surface area contributed by atoms with Gasteiger partial charge < -0.3 is 15.0 Å². The molecule has 1 aromatic carbocycles. The van der Waals surface area contributed by atoms with E-state index in [0.717, 1.165) is 30.2 Å². The number of piperazine rings is 1. The number of benzene rings is 1. The van der Waals surface area contributed by atoms with Gasteiger partial charge in [-0.2, -0.15) is 4.68 Å². The first-order chi connectivity index (χ1) is 12.5. The van der Waals surface area contributed by atoms with E-state index < -0.39 is 4.92 Å². The Bertz CT molecular complexity index is 786. The maximum Gasteiger partial charge on any atom is 0.389 e. The SMILES string of the molecule is O=C(CCn1ccc([N+](=O)[O-])n1)N1CCN(Cc2ccccc2Cl)CC1. The Kier molecular flexibility index (Phi) is 5.85. The maximum absolute atomic E-state index is 12.3. The van der Waals surface area contributed by atoms with Crippen molar-refractivity contribution in [1.82, 2.24) is 19.6 Å². The minimum Gasteiger partial charge on any atom is -0.358 e. The van der Waals surface area contributed by atoms with Crippen LogP contribution in [0.25, 0.3) is 0 Å². The maximum atomic E-state index is 12.3. The van der Waals surface area contributed by atoms with Crippen LogP contribution in [0.4, 0.5) is 5.82 Å². The van der Waals surface area contributed by atoms with Crippen LogP contribution < -0.4 is 0 Å². The van der Waals surface area contributed by atoms with E-state index >= 15 is 0 Å². The molecule has 9 heteroatoms. The highest BCUT2D eigenvalue weighted by Crippen LogP contribution is 2.18. The molecular formula is C17H20ClN5O3. The minimum absolute atomic E-state index is 0.0422. The molecule has 2 aromatic rings. The molecule has 0 N–H and O–H groups in total. The summed E-state index contributed by atoms with van der Waals surface area (Å²) in [5.74, 6) is -0.161. The average Bonchev–Trinajstić information content (AvgIpc) is 3.12. The molecule has 0 atom stereocenters. The molecule has 0 spiro atoms. The van der Waals surface area contributed by atoms with Gasteiger partial charge in [-0.1, -0.05) is 29.8 Å². The molecule has 0 aliphatic carbocycles. The second kappa shape index (κ2) is 8.29. The molecule has 0 bridgehead atoms. The highest BCUT2D eigenvalue weighted by molar-refractivity contribution is 6.31. The largest absolute Gasteiger partial charge is 0.389 e. The van der Waals surface area contributed by atoms with Crippen LogP contribution in [0.15, 0.2) is 36.5 Å². The van der Waals surface area contributed by atoms with Gasteiger partial charge in [-0.15, -0.1) is 0 Å². The number of nitrogens with zero attached hydrogens (tertiary/aromatic N) is 5. The Morgan fingerprint density at radius 3 is 2.58 bits per heavy atom. The number of carbonyl (C=O) groups excluding carboxylic acids is 1. The highest BCUT2D eigenvalue weighted by atomic mass is 35.5. The molecule has 26 heavy (non-hydrogen) atoms. The summed E-state index contributed by atoms with van der Waals surface area (Å²) in [6.07, 6.45) is 1.80. The fourth-order valence-corrected chi connectivity index (χ4v) is 3.16. The number of rotatable bonds is 6. The van der Waals surface area contributed by atoms with Gasteiger partial charge in [0.05, 0.1) is 23.9 Å². The molecule has 1 aliphatic rings. The van der Waals surface area contributed by atoms with Gasteiger partial charge in [-0.25, -0.2) is 0 Å². The Balaban J connectivity index is 1.44. The van der Waals surface area contributed by atoms with Crippen LogP contribution in [-0.4, -0.2) is 56.6 Å². The molecule has 1 aliphatic heterocycles. The molecule has 2 heterocycles. The number of aryl methyl sites for hydroxylation is 1. The third kappa shape index (κ3) is 4.59. The molecule has 8 nitrogen and oxygen atoms in total. The average molecular weight is 378 g/mol. The van der Waals surface area contributed by atoms with Crippen LogP contribution in [0.1, 0.15) is 12.0 Å². The van der Waals surface area contributed by atoms with Crippen molar-refractivity contribution >= 4 is 23.3 Å². The highest BCUT2D eigenvalue weighted by Gasteiger charge is 2.22. The molecule has 0 saturated carbocycles. The van der Waals surface area contributed by atoms with E-state index in [0.29, 0.717) is 19.6 Å². The van der Waals surface area contributed by atoms with Crippen LogP contribution in [0.2, 0.25) is 5.02 Å². The van der Waals surface area contributed by atoms with Crippen molar-refractivity contribution in [3.8, 4) is 0 Å². The van der Waals surface area contributed by atoms with E-state index in [4.69, 9.17) is 11.6 Å². The summed E-state index contributed by atoms with van der Waals surface area (Å²) in [5, 5.41) is 15.2. The summed E-state index contributed by atoms with van der Waals surface area (Å²) in [6, 6.07) is 9.12. The molecule has 138 valence electrons. The number of amides is 1. The van der Waals surface area contributed by atoms with E-state index in [1.54, 1.807) is 0 Å². The van der Waals surface area contributed by atoms with Crippen molar-refractivity contribution in [1.29, 1.82) is 0 Å². The van der Waals surface area contributed by atoms with Crippen molar-refractivity contribution in [2.45, 2.75) is 19.5 Å². The van der Waals surface area contributed by atoms with Gasteiger partial charge in [0, 0.05) is 44.2 Å². The van der Waals surface area contributed by atoms with Crippen LogP contribution in [0.5, 0.6) is 0 Å². The van der Waals surface area contributed by atoms with E-state index in [1.165, 1.54) is 16.9 Å². The van der Waals surface area contributed by atoms with Gasteiger partial charge in [-0.05, 0) is 16.6 Å². The summed E-state index contributed by atoms with van der Waals surface area (Å²) in [7, 11) is 0. The van der Waals surface area contributed by atoms with E-state index in [-0.39, 0.29) is 18.1 Å². The smallest absolute Gasteiger partial charge is 0.358 e. The fraction of sp³-hybridized carbons (Fsp3) is 0.412. The first-order valence-electron chi connectivity index (χ1n) is 8.44. The van der Waals surface area contributed by atoms with Gasteiger partial charge in [0.25, 0.3) is 0 Å². The Labute approximate surface area is 156 Å². The fourth-order valence-electron chi connectivity index (χ4n) is 2.96. The van der Waals surface area contributed by atoms with Gasteiger partial charge >= 0.3 is 5.82 Å². The van der Waals surface area contributed by atoms with Gasteiger partial charge in [0.2, 0.25) is 5.91 Å². The third-order valence-corrected chi connectivity index (χ3v) is 4.81. The van der Waals surface area contributed by atoms with Crippen molar-refractivity contribution in [2.24, 2.45) is 0 Å². The predicted octanol–water partition coefficient (Wildman–Crippen LogP) is 2.18. The van der Waals surface area contributed by atoms with Gasteiger partial charge in [-0.3, -0.25) is 9.69 Å². The number of nitro groups is 1. The summed E-state index contributed by atoms with van der Waals surface area (Å²) < 4.78 is 1.43. The second-order valence-electron chi connectivity index (χ2n) is 6.19. The van der Waals surface area contributed by atoms with Gasteiger partial charge in [0.15, 0.2) is 0 Å². The molecular weight excluding hydrogens is 358 g/mol. The molecule has 1 amide bonds. The number of carbonyl (C=O) groups is 1. The number of halogens is 1. The van der Waals surface area contributed by atoms with E-state index in [2.05, 4.69) is 10.00 Å². The number of aromatic nitrogens is 2. The second-order valence-corrected chi connectivity index (χ2v) is 6.60. The lowest BCUT2D eigenvalue weighted by atomic mass is 10.2. The van der Waals surface area contributed by atoms with Crippen molar-refractivity contribution < 1.29 is 9.72 Å². The van der Waals surface area contributed by atoms with Crippen molar-refractivity contribution in [3.63, 3.8) is 0 Å². The summed E-state index contributed by atoms with van der Waals surface area (Å²) in [5.41, 5.74) is 1.09. The summed E-state index contributed by atoms with van der Waals surface area (Å²) in [4.78, 5) is 26.5. The molecule has 0 radical (unpaired) electrons. The predicted molar refractivity (Wildman–Crippen MR) is 96.8 cm³/mol. The molecule has 1 aromatic heterocycles. The zero-order chi connectivity index (χ0) is 18.5. The number of hydrogen-bond donors (Lipinski definition) is 0. The van der Waals surface area contributed by atoms with Crippen molar-refractivity contribution in [2.75, 3.05) is 26.2 Å².